The minimum Gasteiger partial charge on any atom is -0.350 e. The van der Waals surface area contributed by atoms with E-state index < -0.39 is 6.04 Å². The minimum absolute atomic E-state index is 0.117. The van der Waals surface area contributed by atoms with Crippen molar-refractivity contribution in [2.75, 3.05) is 23.9 Å². The zero-order chi connectivity index (χ0) is 16.6. The summed E-state index contributed by atoms with van der Waals surface area (Å²) in [6.45, 7) is 0.451. The molecule has 6 nitrogen and oxygen atoms in total. The first-order valence-electron chi connectivity index (χ1n) is 7.21. The molecular formula is C15H16BrN3O3S. The molecule has 1 fully saturated rings. The Morgan fingerprint density at radius 1 is 1.48 bits per heavy atom. The van der Waals surface area contributed by atoms with E-state index in [9.17, 15) is 14.4 Å². The van der Waals surface area contributed by atoms with E-state index in [2.05, 4.69) is 26.6 Å². The number of hydrogen-bond donors (Lipinski definition) is 2. The van der Waals surface area contributed by atoms with Crippen LogP contribution < -0.4 is 10.6 Å². The fraction of sp³-hybridized carbons (Fsp3) is 0.400. The number of hydrogen-bond acceptors (Lipinski definition) is 4. The molecule has 122 valence electrons. The number of carbonyl (C=O) groups excluding carboxylic acids is 3. The number of fused-ring (bicyclic) bond motifs is 2. The molecule has 3 amide bonds. The molecule has 3 rings (SSSR count). The van der Waals surface area contributed by atoms with Crippen LogP contribution in [0.5, 0.6) is 0 Å². The van der Waals surface area contributed by atoms with Gasteiger partial charge in [0, 0.05) is 11.0 Å². The summed E-state index contributed by atoms with van der Waals surface area (Å²) in [5.74, 6) is -0.224. The molecule has 2 aliphatic rings. The van der Waals surface area contributed by atoms with E-state index in [0.29, 0.717) is 30.0 Å². The van der Waals surface area contributed by atoms with E-state index in [-0.39, 0.29) is 23.8 Å². The number of halogens is 1. The SMILES string of the molecule is CSCC(=O)NC1CCN2C(=O)c3cc(Br)ccc3NC(=O)C12. The van der Waals surface area contributed by atoms with E-state index >= 15 is 0 Å². The molecule has 2 N–H and O–H groups in total. The zero-order valence-electron chi connectivity index (χ0n) is 12.5. The second-order valence-corrected chi connectivity index (χ2v) is 7.30. The Hall–Kier alpha value is -1.54. The van der Waals surface area contributed by atoms with Gasteiger partial charge in [0.15, 0.2) is 0 Å². The molecule has 0 saturated carbocycles. The summed E-state index contributed by atoms with van der Waals surface area (Å²) in [5, 5.41) is 5.68. The Labute approximate surface area is 146 Å². The molecule has 2 heterocycles. The normalized spacial score (nSPS) is 23.0. The molecule has 0 bridgehead atoms. The van der Waals surface area contributed by atoms with Gasteiger partial charge in [0.05, 0.1) is 23.0 Å². The van der Waals surface area contributed by atoms with Crippen molar-refractivity contribution in [1.82, 2.24) is 10.2 Å². The van der Waals surface area contributed by atoms with Gasteiger partial charge in [-0.25, -0.2) is 0 Å². The van der Waals surface area contributed by atoms with Crippen LogP contribution in [0, 0.1) is 0 Å². The molecule has 1 aromatic rings. The molecule has 2 atom stereocenters. The van der Waals surface area contributed by atoms with Crippen LogP contribution in [-0.4, -0.2) is 53.3 Å². The minimum atomic E-state index is -0.667. The Bertz CT molecular complexity index is 682. The summed E-state index contributed by atoms with van der Waals surface area (Å²) in [5.41, 5.74) is 0.970. The van der Waals surface area contributed by atoms with E-state index in [4.69, 9.17) is 0 Å². The van der Waals surface area contributed by atoms with Crippen molar-refractivity contribution in [3.8, 4) is 0 Å². The number of anilines is 1. The summed E-state index contributed by atoms with van der Waals surface area (Å²) in [4.78, 5) is 38.7. The van der Waals surface area contributed by atoms with E-state index in [1.165, 1.54) is 11.8 Å². The van der Waals surface area contributed by atoms with Gasteiger partial charge in [0.2, 0.25) is 11.8 Å². The van der Waals surface area contributed by atoms with Crippen LogP contribution in [0.25, 0.3) is 0 Å². The summed E-state index contributed by atoms with van der Waals surface area (Å²) in [6.07, 6.45) is 2.42. The molecule has 0 radical (unpaired) electrons. The molecule has 0 spiro atoms. The Morgan fingerprint density at radius 2 is 2.26 bits per heavy atom. The summed E-state index contributed by atoms with van der Waals surface area (Å²) >= 11 is 4.77. The summed E-state index contributed by atoms with van der Waals surface area (Å²) in [6, 6.07) is 4.18. The Kier molecular flexibility index (Phi) is 4.63. The second kappa shape index (κ2) is 6.52. The van der Waals surface area contributed by atoms with Crippen molar-refractivity contribution in [1.29, 1.82) is 0 Å². The third-order valence-electron chi connectivity index (χ3n) is 4.02. The standard InChI is InChI=1S/C15H16BrN3O3S/c1-23-7-12(20)17-11-4-5-19-13(11)14(21)18-10-3-2-8(16)6-9(10)15(19)22/h2-3,6,11,13H,4-5,7H2,1H3,(H,17,20)(H,18,21). The van der Waals surface area contributed by atoms with Gasteiger partial charge in [0.25, 0.3) is 5.91 Å². The molecular weight excluding hydrogens is 382 g/mol. The first kappa shape index (κ1) is 16.3. The van der Waals surface area contributed by atoms with Gasteiger partial charge in [0.1, 0.15) is 6.04 Å². The molecule has 23 heavy (non-hydrogen) atoms. The van der Waals surface area contributed by atoms with Crippen LogP contribution >= 0.6 is 27.7 Å². The molecule has 2 unspecified atom stereocenters. The maximum Gasteiger partial charge on any atom is 0.256 e. The fourth-order valence-corrected chi connectivity index (χ4v) is 3.75. The summed E-state index contributed by atoms with van der Waals surface area (Å²) < 4.78 is 0.779. The molecule has 8 heteroatoms. The smallest absolute Gasteiger partial charge is 0.256 e. The van der Waals surface area contributed by atoms with E-state index in [0.717, 1.165) is 4.47 Å². The maximum absolute atomic E-state index is 12.8. The van der Waals surface area contributed by atoms with Crippen LogP contribution in [0.15, 0.2) is 22.7 Å². The number of benzene rings is 1. The first-order valence-corrected chi connectivity index (χ1v) is 9.39. The second-order valence-electron chi connectivity index (χ2n) is 5.52. The highest BCUT2D eigenvalue weighted by Crippen LogP contribution is 2.30. The van der Waals surface area contributed by atoms with Crippen LogP contribution in [0.1, 0.15) is 16.8 Å². The van der Waals surface area contributed by atoms with Crippen LogP contribution in [0.4, 0.5) is 5.69 Å². The highest BCUT2D eigenvalue weighted by atomic mass is 79.9. The lowest BCUT2D eigenvalue weighted by Gasteiger charge is -2.24. The molecule has 1 aromatic carbocycles. The van der Waals surface area contributed by atoms with E-state index in [1.54, 1.807) is 23.1 Å². The predicted octanol–water partition coefficient (Wildman–Crippen LogP) is 1.46. The van der Waals surface area contributed by atoms with Gasteiger partial charge < -0.3 is 15.5 Å². The highest BCUT2D eigenvalue weighted by Gasteiger charge is 2.45. The van der Waals surface area contributed by atoms with Crippen molar-refractivity contribution in [3.05, 3.63) is 28.2 Å². The van der Waals surface area contributed by atoms with E-state index in [1.807, 2.05) is 6.26 Å². The third kappa shape index (κ3) is 3.10. The van der Waals surface area contributed by atoms with Crippen molar-refractivity contribution in [2.45, 2.75) is 18.5 Å². The number of nitrogens with one attached hydrogen (secondary N) is 2. The van der Waals surface area contributed by atoms with Gasteiger partial charge >= 0.3 is 0 Å². The van der Waals surface area contributed by atoms with Gasteiger partial charge in [-0.1, -0.05) is 15.9 Å². The van der Waals surface area contributed by atoms with Gasteiger partial charge in [-0.05, 0) is 30.9 Å². The quantitative estimate of drug-likeness (QED) is 0.809. The summed E-state index contributed by atoms with van der Waals surface area (Å²) in [7, 11) is 0. The van der Waals surface area contributed by atoms with Crippen molar-refractivity contribution in [3.63, 3.8) is 0 Å². The number of amides is 3. The average molecular weight is 398 g/mol. The third-order valence-corrected chi connectivity index (χ3v) is 5.06. The first-order chi connectivity index (χ1) is 11.0. The predicted molar refractivity (Wildman–Crippen MR) is 92.5 cm³/mol. The zero-order valence-corrected chi connectivity index (χ0v) is 14.9. The van der Waals surface area contributed by atoms with Crippen LogP contribution in [0.2, 0.25) is 0 Å². The van der Waals surface area contributed by atoms with Crippen molar-refractivity contribution in [2.24, 2.45) is 0 Å². The van der Waals surface area contributed by atoms with Crippen LogP contribution in [0.3, 0.4) is 0 Å². The monoisotopic (exact) mass is 397 g/mol. The Morgan fingerprint density at radius 3 is 3.00 bits per heavy atom. The molecule has 1 saturated heterocycles. The maximum atomic E-state index is 12.8. The lowest BCUT2D eigenvalue weighted by atomic mass is 10.1. The molecule has 2 aliphatic heterocycles. The van der Waals surface area contributed by atoms with Crippen LogP contribution in [-0.2, 0) is 9.59 Å². The Balaban J connectivity index is 1.89. The van der Waals surface area contributed by atoms with Gasteiger partial charge in [-0.2, -0.15) is 11.8 Å². The fourth-order valence-electron chi connectivity index (χ4n) is 3.04. The highest BCUT2D eigenvalue weighted by molar-refractivity contribution is 9.10. The number of rotatable bonds is 3. The number of thioether (sulfide) groups is 1. The average Bonchev–Trinajstić information content (AvgIpc) is 2.87. The number of carbonyl (C=O) groups is 3. The number of nitrogens with zero attached hydrogens (tertiary/aromatic N) is 1. The lowest BCUT2D eigenvalue weighted by Crippen LogP contribution is -2.51. The largest absolute Gasteiger partial charge is 0.350 e. The van der Waals surface area contributed by atoms with Crippen molar-refractivity contribution >= 4 is 51.1 Å². The topological polar surface area (TPSA) is 78.5 Å². The van der Waals surface area contributed by atoms with Crippen molar-refractivity contribution < 1.29 is 14.4 Å². The van der Waals surface area contributed by atoms with Gasteiger partial charge in [-0.3, -0.25) is 14.4 Å². The van der Waals surface area contributed by atoms with Gasteiger partial charge in [-0.15, -0.1) is 0 Å². The lowest BCUT2D eigenvalue weighted by molar-refractivity contribution is -0.122. The molecule has 0 aromatic heterocycles. The molecule has 0 aliphatic carbocycles.